The second kappa shape index (κ2) is 7.22. The first kappa shape index (κ1) is 16.2. The summed E-state index contributed by atoms with van der Waals surface area (Å²) in [5, 5.41) is 4.89. The normalized spacial score (nSPS) is 9.83. The van der Waals surface area contributed by atoms with Gasteiger partial charge in [-0.3, -0.25) is 9.59 Å². The Morgan fingerprint density at radius 1 is 0.870 bits per heavy atom. The lowest BCUT2D eigenvalue weighted by Gasteiger charge is -2.10. The summed E-state index contributed by atoms with van der Waals surface area (Å²) in [5.41, 5.74) is 1.94. The van der Waals surface area contributed by atoms with Gasteiger partial charge in [-0.2, -0.15) is 0 Å². The first-order chi connectivity index (χ1) is 11.0. The number of carbonyl (C=O) groups is 3. The summed E-state index contributed by atoms with van der Waals surface area (Å²) in [6, 6.07) is 13.3. The molecule has 0 bridgehead atoms. The predicted octanol–water partition coefficient (Wildman–Crippen LogP) is 2.36. The van der Waals surface area contributed by atoms with Gasteiger partial charge in [0.25, 0.3) is 0 Å². The Balaban J connectivity index is 2.08. The van der Waals surface area contributed by atoms with Crippen LogP contribution in [0, 0.1) is 6.92 Å². The van der Waals surface area contributed by atoms with Gasteiger partial charge in [0.15, 0.2) is 0 Å². The number of anilines is 2. The summed E-state index contributed by atoms with van der Waals surface area (Å²) in [6.45, 7) is 1.92. The molecule has 2 aromatic rings. The molecule has 2 rings (SSSR count). The molecule has 0 aromatic heterocycles. The predicted molar refractivity (Wildman–Crippen MR) is 86.2 cm³/mol. The molecule has 0 heterocycles. The lowest BCUT2D eigenvalue weighted by atomic mass is 10.2. The Bertz CT molecular complexity index is 739. The fraction of sp³-hybridized carbons (Fsp3) is 0.118. The van der Waals surface area contributed by atoms with Crippen molar-refractivity contribution in [3.63, 3.8) is 0 Å². The van der Waals surface area contributed by atoms with Gasteiger partial charge >= 0.3 is 17.8 Å². The van der Waals surface area contributed by atoms with Crippen LogP contribution in [0.2, 0.25) is 0 Å². The SMILES string of the molecule is COC(=O)c1ccccc1NC(=O)C(=O)Nc1ccc(C)cc1. The Morgan fingerprint density at radius 2 is 1.48 bits per heavy atom. The minimum atomic E-state index is -0.873. The van der Waals surface area contributed by atoms with E-state index in [9.17, 15) is 14.4 Å². The summed E-state index contributed by atoms with van der Waals surface area (Å²) in [5.74, 6) is -2.30. The van der Waals surface area contributed by atoms with Crippen molar-refractivity contribution in [1.29, 1.82) is 0 Å². The van der Waals surface area contributed by atoms with Crippen molar-refractivity contribution >= 4 is 29.2 Å². The number of nitrogens with one attached hydrogen (secondary N) is 2. The highest BCUT2D eigenvalue weighted by atomic mass is 16.5. The zero-order valence-corrected chi connectivity index (χ0v) is 12.8. The highest BCUT2D eigenvalue weighted by Crippen LogP contribution is 2.16. The number of aryl methyl sites for hydroxylation is 1. The molecule has 0 aliphatic heterocycles. The van der Waals surface area contributed by atoms with E-state index in [1.165, 1.54) is 19.2 Å². The van der Waals surface area contributed by atoms with Gasteiger partial charge in [0, 0.05) is 5.69 Å². The monoisotopic (exact) mass is 312 g/mol. The lowest BCUT2D eigenvalue weighted by molar-refractivity contribution is -0.133. The standard InChI is InChI=1S/C17H16N2O4/c1-11-7-9-12(10-8-11)18-15(20)16(21)19-14-6-4-3-5-13(14)17(22)23-2/h3-10H,1-2H3,(H,18,20)(H,19,21). The van der Waals surface area contributed by atoms with Gasteiger partial charge in [-0.05, 0) is 31.2 Å². The quantitative estimate of drug-likeness (QED) is 0.673. The van der Waals surface area contributed by atoms with E-state index in [0.717, 1.165) is 5.56 Å². The maximum atomic E-state index is 12.0. The topological polar surface area (TPSA) is 84.5 Å². The molecule has 0 atom stereocenters. The number of methoxy groups -OCH3 is 1. The Hall–Kier alpha value is -3.15. The van der Waals surface area contributed by atoms with Crippen molar-refractivity contribution in [3.05, 3.63) is 59.7 Å². The van der Waals surface area contributed by atoms with Crippen LogP contribution >= 0.6 is 0 Å². The van der Waals surface area contributed by atoms with Crippen molar-refractivity contribution in [3.8, 4) is 0 Å². The van der Waals surface area contributed by atoms with Gasteiger partial charge in [0.2, 0.25) is 0 Å². The highest BCUT2D eigenvalue weighted by molar-refractivity contribution is 6.43. The summed E-state index contributed by atoms with van der Waals surface area (Å²) in [4.78, 5) is 35.5. The number of ether oxygens (including phenoxy) is 1. The zero-order chi connectivity index (χ0) is 16.8. The van der Waals surface area contributed by atoms with E-state index in [1.54, 1.807) is 24.3 Å². The van der Waals surface area contributed by atoms with E-state index in [-0.39, 0.29) is 11.3 Å². The van der Waals surface area contributed by atoms with Gasteiger partial charge in [-0.25, -0.2) is 4.79 Å². The molecular formula is C17H16N2O4. The van der Waals surface area contributed by atoms with Crippen LogP contribution in [0.15, 0.2) is 48.5 Å². The van der Waals surface area contributed by atoms with Crippen molar-refractivity contribution in [2.75, 3.05) is 17.7 Å². The molecule has 0 fully saturated rings. The first-order valence-corrected chi connectivity index (χ1v) is 6.87. The fourth-order valence-corrected chi connectivity index (χ4v) is 1.88. The van der Waals surface area contributed by atoms with Crippen LogP contribution < -0.4 is 10.6 Å². The fourth-order valence-electron chi connectivity index (χ4n) is 1.88. The summed E-state index contributed by atoms with van der Waals surface area (Å²) in [6.07, 6.45) is 0. The second-order valence-electron chi connectivity index (χ2n) is 4.81. The Morgan fingerprint density at radius 3 is 2.13 bits per heavy atom. The van der Waals surface area contributed by atoms with E-state index >= 15 is 0 Å². The summed E-state index contributed by atoms with van der Waals surface area (Å²) in [7, 11) is 1.24. The maximum Gasteiger partial charge on any atom is 0.339 e. The molecule has 2 amide bonds. The van der Waals surface area contributed by atoms with Crippen LogP contribution in [0.3, 0.4) is 0 Å². The van der Waals surface area contributed by atoms with Gasteiger partial charge in [-0.15, -0.1) is 0 Å². The Labute approximate surface area is 133 Å². The zero-order valence-electron chi connectivity index (χ0n) is 12.8. The average Bonchev–Trinajstić information content (AvgIpc) is 2.56. The third-order valence-corrected chi connectivity index (χ3v) is 3.10. The summed E-state index contributed by atoms with van der Waals surface area (Å²) < 4.78 is 4.64. The van der Waals surface area contributed by atoms with Crippen molar-refractivity contribution in [1.82, 2.24) is 0 Å². The number of hydrogen-bond donors (Lipinski definition) is 2. The van der Waals surface area contributed by atoms with Crippen LogP contribution in [0.4, 0.5) is 11.4 Å². The molecule has 2 aromatic carbocycles. The molecule has 0 aliphatic carbocycles. The second-order valence-corrected chi connectivity index (χ2v) is 4.81. The molecule has 0 saturated heterocycles. The minimum Gasteiger partial charge on any atom is -0.465 e. The van der Waals surface area contributed by atoms with E-state index in [4.69, 9.17) is 0 Å². The molecule has 0 saturated carbocycles. The van der Waals surface area contributed by atoms with Crippen LogP contribution in [-0.2, 0) is 14.3 Å². The van der Waals surface area contributed by atoms with Crippen LogP contribution in [0.25, 0.3) is 0 Å². The van der Waals surface area contributed by atoms with Gasteiger partial charge < -0.3 is 15.4 Å². The van der Waals surface area contributed by atoms with Crippen LogP contribution in [0.5, 0.6) is 0 Å². The molecule has 0 spiro atoms. The summed E-state index contributed by atoms with van der Waals surface area (Å²) >= 11 is 0. The maximum absolute atomic E-state index is 12.0. The van der Waals surface area contributed by atoms with E-state index in [1.807, 2.05) is 19.1 Å². The van der Waals surface area contributed by atoms with Crippen LogP contribution in [0.1, 0.15) is 15.9 Å². The lowest BCUT2D eigenvalue weighted by Crippen LogP contribution is -2.29. The Kier molecular flexibility index (Phi) is 5.09. The molecule has 6 nitrogen and oxygen atoms in total. The number of esters is 1. The smallest absolute Gasteiger partial charge is 0.339 e. The van der Waals surface area contributed by atoms with E-state index in [0.29, 0.717) is 5.69 Å². The number of para-hydroxylation sites is 1. The number of amides is 2. The van der Waals surface area contributed by atoms with Crippen LogP contribution in [-0.4, -0.2) is 24.9 Å². The molecule has 2 N–H and O–H groups in total. The molecule has 6 heteroatoms. The highest BCUT2D eigenvalue weighted by Gasteiger charge is 2.18. The van der Waals surface area contributed by atoms with Gasteiger partial charge in [-0.1, -0.05) is 29.8 Å². The molecule has 0 radical (unpaired) electrons. The third kappa shape index (κ3) is 4.16. The first-order valence-electron chi connectivity index (χ1n) is 6.87. The molecule has 0 aliphatic rings. The van der Waals surface area contributed by atoms with Gasteiger partial charge in [0.1, 0.15) is 0 Å². The van der Waals surface area contributed by atoms with Crippen molar-refractivity contribution in [2.24, 2.45) is 0 Å². The molecule has 0 unspecified atom stereocenters. The molecule has 23 heavy (non-hydrogen) atoms. The van der Waals surface area contributed by atoms with E-state index < -0.39 is 17.8 Å². The largest absolute Gasteiger partial charge is 0.465 e. The molecular weight excluding hydrogens is 296 g/mol. The average molecular weight is 312 g/mol. The van der Waals surface area contributed by atoms with Crippen molar-refractivity contribution in [2.45, 2.75) is 6.92 Å². The van der Waals surface area contributed by atoms with Gasteiger partial charge in [0.05, 0.1) is 18.4 Å². The number of benzene rings is 2. The number of carbonyl (C=O) groups excluding carboxylic acids is 3. The molecule has 118 valence electrons. The number of hydrogen-bond acceptors (Lipinski definition) is 4. The minimum absolute atomic E-state index is 0.173. The van der Waals surface area contributed by atoms with E-state index in [2.05, 4.69) is 15.4 Å². The van der Waals surface area contributed by atoms with Crippen molar-refractivity contribution < 1.29 is 19.1 Å². The third-order valence-electron chi connectivity index (χ3n) is 3.10. The number of rotatable bonds is 3.